The maximum Gasteiger partial charge on any atom is 0.387 e. The van der Waals surface area contributed by atoms with Gasteiger partial charge in [-0.1, -0.05) is 24.3 Å². The van der Waals surface area contributed by atoms with E-state index in [0.717, 1.165) is 18.7 Å². The van der Waals surface area contributed by atoms with E-state index in [1.54, 1.807) is 13.1 Å². The highest BCUT2D eigenvalue weighted by atomic mass is 127. The van der Waals surface area contributed by atoms with Crippen molar-refractivity contribution in [1.29, 1.82) is 0 Å². The van der Waals surface area contributed by atoms with Crippen LogP contribution < -0.4 is 29.7 Å². The Kier molecular flexibility index (Phi) is 8.37. The average Bonchev–Trinajstić information content (AvgIpc) is 3.45. The Hall–Kier alpha value is -2.76. The lowest BCUT2D eigenvalue weighted by molar-refractivity contribution is -0.0505. The van der Waals surface area contributed by atoms with Gasteiger partial charge < -0.3 is 29.7 Å². The Bertz CT molecular complexity index is 980. The topological polar surface area (TPSA) is 67.4 Å². The molecule has 2 N–H and O–H groups in total. The van der Waals surface area contributed by atoms with Gasteiger partial charge in [0, 0.05) is 50.5 Å². The molecule has 0 aromatic heterocycles. The fourth-order valence-electron chi connectivity index (χ4n) is 3.45. The van der Waals surface area contributed by atoms with E-state index in [2.05, 4.69) is 49.5 Å². The number of fused-ring (bicyclic) bond motifs is 1. The van der Waals surface area contributed by atoms with E-state index >= 15 is 0 Å². The summed E-state index contributed by atoms with van der Waals surface area (Å²) < 4.78 is 40.9. The maximum absolute atomic E-state index is 12.8. The minimum Gasteiger partial charge on any atom is -0.454 e. The highest BCUT2D eigenvalue weighted by molar-refractivity contribution is 14.0. The Morgan fingerprint density at radius 3 is 2.53 bits per heavy atom. The molecule has 0 radical (unpaired) electrons. The van der Waals surface area contributed by atoms with E-state index < -0.39 is 6.61 Å². The van der Waals surface area contributed by atoms with Gasteiger partial charge in [-0.15, -0.1) is 24.0 Å². The number of benzene rings is 2. The van der Waals surface area contributed by atoms with Gasteiger partial charge in [-0.2, -0.15) is 8.78 Å². The molecular weight excluding hydrogens is 533 g/mol. The summed E-state index contributed by atoms with van der Waals surface area (Å²) in [5.41, 5.74) is 2.79. The van der Waals surface area contributed by atoms with Crippen LogP contribution in [0.2, 0.25) is 0 Å². The van der Waals surface area contributed by atoms with Crippen molar-refractivity contribution in [2.75, 3.05) is 31.8 Å². The van der Waals surface area contributed by atoms with Crippen LogP contribution in [0.25, 0.3) is 0 Å². The van der Waals surface area contributed by atoms with Gasteiger partial charge in [0.15, 0.2) is 17.5 Å². The molecule has 0 atom stereocenters. The summed E-state index contributed by atoms with van der Waals surface area (Å²) in [5.74, 6) is 1.45. The molecule has 0 unspecified atom stereocenters. The number of ether oxygens (including phenoxy) is 3. The first-order chi connectivity index (χ1) is 15.1. The Morgan fingerprint density at radius 1 is 1.09 bits per heavy atom. The van der Waals surface area contributed by atoms with Crippen LogP contribution in [0.5, 0.6) is 17.2 Å². The molecule has 172 valence electrons. The monoisotopic (exact) mass is 558 g/mol. The zero-order valence-corrected chi connectivity index (χ0v) is 19.8. The molecule has 0 spiro atoms. The zero-order chi connectivity index (χ0) is 21.6. The van der Waals surface area contributed by atoms with Crippen molar-refractivity contribution in [2.45, 2.75) is 19.7 Å². The second-order valence-corrected chi connectivity index (χ2v) is 7.02. The molecule has 0 amide bonds. The number of halogens is 3. The minimum atomic E-state index is -2.94. The largest absolute Gasteiger partial charge is 0.454 e. The highest BCUT2D eigenvalue weighted by Crippen LogP contribution is 2.38. The zero-order valence-electron chi connectivity index (χ0n) is 17.5. The second-order valence-electron chi connectivity index (χ2n) is 7.02. The van der Waals surface area contributed by atoms with Crippen LogP contribution in [0, 0.1) is 0 Å². The summed E-state index contributed by atoms with van der Waals surface area (Å²) in [6.07, 6.45) is 4.30. The summed E-state index contributed by atoms with van der Waals surface area (Å²) >= 11 is 0. The molecular formula is C22H25F2IN4O3. The molecule has 32 heavy (non-hydrogen) atoms. The van der Waals surface area contributed by atoms with E-state index in [9.17, 15) is 8.78 Å². The van der Waals surface area contributed by atoms with Crippen molar-refractivity contribution in [2.24, 2.45) is 4.99 Å². The third-order valence-electron chi connectivity index (χ3n) is 5.00. The summed E-state index contributed by atoms with van der Waals surface area (Å²) in [7, 11) is 1.65. The van der Waals surface area contributed by atoms with Crippen LogP contribution in [-0.2, 0) is 13.1 Å². The number of nitrogens with zero attached hydrogens (tertiary/aromatic N) is 2. The molecule has 2 aromatic rings. The van der Waals surface area contributed by atoms with Gasteiger partial charge >= 0.3 is 6.61 Å². The molecule has 0 saturated carbocycles. The fraction of sp³-hybridized carbons (Fsp3) is 0.318. The third kappa shape index (κ3) is 5.93. The number of alkyl halides is 2. The van der Waals surface area contributed by atoms with E-state index in [1.807, 2.05) is 12.1 Å². The van der Waals surface area contributed by atoms with Crippen molar-refractivity contribution in [1.82, 2.24) is 10.6 Å². The first-order valence-corrected chi connectivity index (χ1v) is 9.93. The van der Waals surface area contributed by atoms with Crippen LogP contribution in [0.1, 0.15) is 11.1 Å². The van der Waals surface area contributed by atoms with Gasteiger partial charge in [-0.3, -0.25) is 4.99 Å². The molecule has 2 aliphatic rings. The molecule has 0 saturated heterocycles. The van der Waals surface area contributed by atoms with Crippen molar-refractivity contribution in [3.05, 3.63) is 59.7 Å². The number of hydrogen-bond acceptors (Lipinski definition) is 5. The van der Waals surface area contributed by atoms with E-state index in [0.29, 0.717) is 29.6 Å². The molecule has 0 aliphatic carbocycles. The number of guanidine groups is 1. The highest BCUT2D eigenvalue weighted by Gasteiger charge is 2.20. The van der Waals surface area contributed by atoms with Crippen LogP contribution >= 0.6 is 24.0 Å². The number of anilines is 1. The van der Waals surface area contributed by atoms with Crippen LogP contribution in [-0.4, -0.2) is 39.5 Å². The third-order valence-corrected chi connectivity index (χ3v) is 5.00. The SMILES string of the molecule is CN=C(NCc1cccc(N2CC=CC2)c1)NCc1cc2c(cc1OC(F)F)OCO2.I. The van der Waals surface area contributed by atoms with E-state index in [4.69, 9.17) is 9.47 Å². The van der Waals surface area contributed by atoms with Gasteiger partial charge in [-0.25, -0.2) is 0 Å². The number of aliphatic imine (C=N–C) groups is 1. The molecule has 10 heteroatoms. The van der Waals surface area contributed by atoms with Crippen LogP contribution in [0.4, 0.5) is 14.5 Å². The Balaban J connectivity index is 0.00000289. The first-order valence-electron chi connectivity index (χ1n) is 9.93. The van der Waals surface area contributed by atoms with Gasteiger partial charge in [0.1, 0.15) is 5.75 Å². The lowest BCUT2D eigenvalue weighted by Crippen LogP contribution is -2.36. The Labute approximate surface area is 202 Å². The summed E-state index contributed by atoms with van der Waals surface area (Å²) in [6.45, 7) is -0.267. The molecule has 2 aromatic carbocycles. The first kappa shape index (κ1) is 23.9. The minimum absolute atomic E-state index is 0. The van der Waals surface area contributed by atoms with Crippen LogP contribution in [0.15, 0.2) is 53.5 Å². The quantitative estimate of drug-likeness (QED) is 0.233. The molecule has 2 heterocycles. The summed E-state index contributed by atoms with van der Waals surface area (Å²) in [4.78, 5) is 6.49. The fourth-order valence-corrected chi connectivity index (χ4v) is 3.45. The summed E-state index contributed by atoms with van der Waals surface area (Å²) in [6, 6.07) is 11.4. The van der Waals surface area contributed by atoms with E-state index in [-0.39, 0.29) is 43.1 Å². The van der Waals surface area contributed by atoms with Gasteiger partial charge in [-0.05, 0) is 23.8 Å². The number of hydrogen-bond donors (Lipinski definition) is 2. The van der Waals surface area contributed by atoms with E-state index in [1.165, 1.54) is 11.8 Å². The normalized spacial score (nSPS) is 14.5. The number of rotatable bonds is 7. The van der Waals surface area contributed by atoms with Crippen molar-refractivity contribution in [3.63, 3.8) is 0 Å². The van der Waals surface area contributed by atoms with Crippen molar-refractivity contribution >= 4 is 35.6 Å². The van der Waals surface area contributed by atoms with Gasteiger partial charge in [0.2, 0.25) is 6.79 Å². The standard InChI is InChI=1S/C22H24F2N4O3.HI/c1-25-22(26-12-15-5-4-6-17(9-15)28-7-2-3-8-28)27-13-16-10-19-20(30-14-29-19)11-18(16)31-21(23)24;/h2-6,9-11,21H,7-8,12-14H2,1H3,(H2,25,26,27);1H. The number of nitrogens with one attached hydrogen (secondary N) is 2. The molecule has 0 bridgehead atoms. The average molecular weight is 558 g/mol. The molecule has 4 rings (SSSR count). The van der Waals surface area contributed by atoms with Crippen molar-refractivity contribution in [3.8, 4) is 17.2 Å². The predicted molar refractivity (Wildman–Crippen MR) is 129 cm³/mol. The summed E-state index contributed by atoms with van der Waals surface area (Å²) in [5, 5.41) is 6.37. The molecule has 0 fully saturated rings. The maximum atomic E-state index is 12.8. The molecule has 7 nitrogen and oxygen atoms in total. The Morgan fingerprint density at radius 2 is 1.81 bits per heavy atom. The second kappa shape index (κ2) is 11.2. The van der Waals surface area contributed by atoms with Crippen LogP contribution in [0.3, 0.4) is 0 Å². The lowest BCUT2D eigenvalue weighted by Gasteiger charge is -2.19. The predicted octanol–water partition coefficient (Wildman–Crippen LogP) is 3.88. The molecule has 2 aliphatic heterocycles. The van der Waals surface area contributed by atoms with Gasteiger partial charge in [0.25, 0.3) is 0 Å². The van der Waals surface area contributed by atoms with Crippen molar-refractivity contribution < 1.29 is 23.0 Å². The smallest absolute Gasteiger partial charge is 0.387 e. The van der Waals surface area contributed by atoms with Gasteiger partial charge in [0.05, 0.1) is 0 Å². The lowest BCUT2D eigenvalue weighted by atomic mass is 10.1.